The van der Waals surface area contributed by atoms with Gasteiger partial charge in [-0.15, -0.1) is 0 Å². The highest BCUT2D eigenvalue weighted by atomic mass is 16.5. The molecule has 2 aliphatic heterocycles. The van der Waals surface area contributed by atoms with Crippen LogP contribution in [0.1, 0.15) is 60.2 Å². The van der Waals surface area contributed by atoms with Crippen molar-refractivity contribution >= 4 is 23.8 Å². The highest BCUT2D eigenvalue weighted by Crippen LogP contribution is 2.23. The molecule has 162 valence electrons. The molecule has 1 aromatic rings. The first-order valence-corrected chi connectivity index (χ1v) is 10.5. The molecule has 0 spiro atoms. The molecule has 1 N–H and O–H groups in total. The number of nitrogens with one attached hydrogen (secondary N) is 1. The van der Waals surface area contributed by atoms with Gasteiger partial charge >= 0.3 is 6.09 Å². The normalized spacial score (nSPS) is 16.8. The zero-order valence-corrected chi connectivity index (χ0v) is 17.6. The Morgan fingerprint density at radius 2 is 1.70 bits per heavy atom. The summed E-state index contributed by atoms with van der Waals surface area (Å²) in [4.78, 5) is 52.0. The lowest BCUT2D eigenvalue weighted by Crippen LogP contribution is -2.46. The molecule has 1 aromatic carbocycles. The Morgan fingerprint density at radius 1 is 1.10 bits per heavy atom. The number of carbonyl (C=O) groups is 4. The second-order valence-electron chi connectivity index (χ2n) is 8.20. The van der Waals surface area contributed by atoms with Gasteiger partial charge in [-0.3, -0.25) is 19.3 Å². The van der Waals surface area contributed by atoms with Crippen molar-refractivity contribution in [1.29, 1.82) is 0 Å². The molecule has 8 nitrogen and oxygen atoms in total. The Bertz CT molecular complexity index is 780. The van der Waals surface area contributed by atoms with Gasteiger partial charge in [0.1, 0.15) is 0 Å². The van der Waals surface area contributed by atoms with Crippen molar-refractivity contribution in [3.05, 3.63) is 35.4 Å². The maximum Gasteiger partial charge on any atom is 0.407 e. The molecule has 0 bridgehead atoms. The minimum atomic E-state index is -0.408. The summed E-state index contributed by atoms with van der Waals surface area (Å²) in [5, 5.41) is 2.85. The fourth-order valence-corrected chi connectivity index (χ4v) is 3.71. The van der Waals surface area contributed by atoms with E-state index in [9.17, 15) is 19.2 Å². The first kappa shape index (κ1) is 21.8. The molecule has 2 heterocycles. The van der Waals surface area contributed by atoms with Gasteiger partial charge in [0.2, 0.25) is 5.91 Å². The average Bonchev–Trinajstić information content (AvgIpc) is 2.98. The summed E-state index contributed by atoms with van der Waals surface area (Å²) in [6, 6.07) is 6.78. The molecular formula is C22H29N3O5. The third kappa shape index (κ3) is 5.17. The Balaban J connectivity index is 1.37. The van der Waals surface area contributed by atoms with E-state index in [1.165, 1.54) is 4.90 Å². The molecule has 0 aromatic heterocycles. The largest absolute Gasteiger partial charge is 0.449 e. The standard InChI is InChI=1S/C22H29N3O5/c1-15(2)14-30-22(29)23-16-9-12-24(13-10-16)19(26)8-5-11-25-20(27)17-6-3-4-7-18(17)21(25)28/h3-4,6-7,15-16H,5,8-14H2,1-2H3,(H,23,29). The van der Waals surface area contributed by atoms with Crippen molar-refractivity contribution < 1.29 is 23.9 Å². The summed E-state index contributed by atoms with van der Waals surface area (Å²) in [6.07, 6.45) is 1.67. The molecule has 0 saturated carbocycles. The number of amides is 4. The van der Waals surface area contributed by atoms with E-state index in [2.05, 4.69) is 5.32 Å². The van der Waals surface area contributed by atoms with Crippen molar-refractivity contribution in [3.63, 3.8) is 0 Å². The number of carbonyl (C=O) groups excluding carboxylic acids is 4. The van der Waals surface area contributed by atoms with Gasteiger partial charge in [0, 0.05) is 32.1 Å². The molecule has 8 heteroatoms. The number of rotatable bonds is 7. The summed E-state index contributed by atoms with van der Waals surface area (Å²) in [5.41, 5.74) is 0.852. The predicted molar refractivity (Wildman–Crippen MR) is 110 cm³/mol. The van der Waals surface area contributed by atoms with Gasteiger partial charge in [-0.25, -0.2) is 4.79 Å². The number of fused-ring (bicyclic) bond motifs is 1. The van der Waals surface area contributed by atoms with Crippen molar-refractivity contribution in [2.45, 2.75) is 45.6 Å². The zero-order chi connectivity index (χ0) is 21.7. The maximum atomic E-state index is 12.5. The van der Waals surface area contributed by atoms with Gasteiger partial charge in [-0.05, 0) is 37.3 Å². The van der Waals surface area contributed by atoms with Crippen LogP contribution < -0.4 is 5.32 Å². The van der Waals surface area contributed by atoms with Crippen LogP contribution in [-0.4, -0.2) is 65.9 Å². The molecule has 30 heavy (non-hydrogen) atoms. The van der Waals surface area contributed by atoms with Gasteiger partial charge in [-0.1, -0.05) is 26.0 Å². The molecule has 3 rings (SSSR count). The van der Waals surface area contributed by atoms with Crippen LogP contribution in [0.15, 0.2) is 24.3 Å². The lowest BCUT2D eigenvalue weighted by Gasteiger charge is -2.32. The zero-order valence-electron chi connectivity index (χ0n) is 17.6. The second kappa shape index (κ2) is 9.73. The van der Waals surface area contributed by atoms with Crippen LogP contribution in [0.5, 0.6) is 0 Å². The lowest BCUT2D eigenvalue weighted by atomic mass is 10.0. The van der Waals surface area contributed by atoms with Crippen molar-refractivity contribution in [1.82, 2.24) is 15.1 Å². The van der Waals surface area contributed by atoms with Gasteiger partial charge in [0.25, 0.3) is 11.8 Å². The third-order valence-corrected chi connectivity index (χ3v) is 5.37. The number of piperidine rings is 1. The van der Waals surface area contributed by atoms with E-state index < -0.39 is 6.09 Å². The molecule has 4 amide bonds. The number of hydrogen-bond donors (Lipinski definition) is 1. The minimum Gasteiger partial charge on any atom is -0.449 e. The molecule has 1 fully saturated rings. The lowest BCUT2D eigenvalue weighted by molar-refractivity contribution is -0.132. The van der Waals surface area contributed by atoms with E-state index in [1.807, 2.05) is 13.8 Å². The van der Waals surface area contributed by atoms with Crippen LogP contribution in [0.4, 0.5) is 4.79 Å². The second-order valence-corrected chi connectivity index (χ2v) is 8.20. The van der Waals surface area contributed by atoms with E-state index in [0.29, 0.717) is 50.1 Å². The maximum absolute atomic E-state index is 12.5. The minimum absolute atomic E-state index is 0.00654. The predicted octanol–water partition coefficient (Wildman–Crippen LogP) is 2.44. The van der Waals surface area contributed by atoms with Crippen LogP contribution in [0.3, 0.4) is 0 Å². The summed E-state index contributed by atoms with van der Waals surface area (Å²) >= 11 is 0. The molecule has 1 saturated heterocycles. The molecular weight excluding hydrogens is 386 g/mol. The van der Waals surface area contributed by atoms with E-state index in [1.54, 1.807) is 29.2 Å². The number of hydrogen-bond acceptors (Lipinski definition) is 5. The Labute approximate surface area is 176 Å². The van der Waals surface area contributed by atoms with Gasteiger partial charge < -0.3 is 15.0 Å². The highest BCUT2D eigenvalue weighted by molar-refractivity contribution is 6.21. The van der Waals surface area contributed by atoms with E-state index in [0.717, 1.165) is 0 Å². The average molecular weight is 415 g/mol. The Morgan fingerprint density at radius 3 is 2.27 bits per heavy atom. The Kier molecular flexibility index (Phi) is 7.07. The quantitative estimate of drug-likeness (QED) is 0.690. The van der Waals surface area contributed by atoms with Crippen LogP contribution in [-0.2, 0) is 9.53 Å². The fraction of sp³-hybridized carbons (Fsp3) is 0.545. The summed E-state index contributed by atoms with van der Waals surface area (Å²) in [5.74, 6) is -0.290. The number of ether oxygens (including phenoxy) is 1. The Hall–Kier alpha value is -2.90. The summed E-state index contributed by atoms with van der Waals surface area (Å²) < 4.78 is 5.13. The first-order valence-electron chi connectivity index (χ1n) is 10.5. The van der Waals surface area contributed by atoms with E-state index >= 15 is 0 Å². The van der Waals surface area contributed by atoms with E-state index in [4.69, 9.17) is 4.74 Å². The van der Waals surface area contributed by atoms with Gasteiger partial charge in [-0.2, -0.15) is 0 Å². The highest BCUT2D eigenvalue weighted by Gasteiger charge is 2.34. The number of imide groups is 1. The van der Waals surface area contributed by atoms with Gasteiger partial charge in [0.15, 0.2) is 0 Å². The molecule has 2 aliphatic rings. The number of nitrogens with zero attached hydrogens (tertiary/aromatic N) is 2. The van der Waals surface area contributed by atoms with Crippen molar-refractivity contribution in [3.8, 4) is 0 Å². The van der Waals surface area contributed by atoms with Crippen molar-refractivity contribution in [2.75, 3.05) is 26.2 Å². The van der Waals surface area contributed by atoms with E-state index in [-0.39, 0.29) is 42.6 Å². The van der Waals surface area contributed by atoms with Crippen LogP contribution in [0.2, 0.25) is 0 Å². The first-order chi connectivity index (χ1) is 14.4. The van der Waals surface area contributed by atoms with Crippen molar-refractivity contribution in [2.24, 2.45) is 5.92 Å². The SMILES string of the molecule is CC(C)COC(=O)NC1CCN(C(=O)CCCN2C(=O)c3ccccc3C2=O)CC1. The number of likely N-dealkylation sites (tertiary alicyclic amines) is 1. The monoisotopic (exact) mass is 415 g/mol. The van der Waals surface area contributed by atoms with Crippen LogP contribution in [0, 0.1) is 5.92 Å². The molecule has 0 atom stereocenters. The smallest absolute Gasteiger partial charge is 0.407 e. The van der Waals surface area contributed by atoms with Crippen LogP contribution >= 0.6 is 0 Å². The summed E-state index contributed by atoms with van der Waals surface area (Å²) in [6.45, 7) is 5.72. The van der Waals surface area contributed by atoms with Gasteiger partial charge in [0.05, 0.1) is 17.7 Å². The fourth-order valence-electron chi connectivity index (χ4n) is 3.71. The molecule has 0 unspecified atom stereocenters. The topological polar surface area (TPSA) is 96.0 Å². The number of alkyl carbamates (subject to hydrolysis) is 1. The third-order valence-electron chi connectivity index (χ3n) is 5.37. The summed E-state index contributed by atoms with van der Waals surface area (Å²) in [7, 11) is 0. The molecule has 0 radical (unpaired) electrons. The number of benzene rings is 1. The molecule has 0 aliphatic carbocycles. The van der Waals surface area contributed by atoms with Crippen LogP contribution in [0.25, 0.3) is 0 Å².